The Hall–Kier alpha value is -2.78. The van der Waals surface area contributed by atoms with Crippen molar-refractivity contribution in [3.8, 4) is 0 Å². The first-order chi connectivity index (χ1) is 17.9. The number of anilines is 3. The van der Waals surface area contributed by atoms with E-state index >= 15 is 0 Å². The van der Waals surface area contributed by atoms with Crippen molar-refractivity contribution >= 4 is 68.1 Å². The number of hydrogen-bond donors (Lipinski definition) is 3. The number of carbonyl (C=O) groups is 2. The van der Waals surface area contributed by atoms with E-state index in [0.29, 0.717) is 49.3 Å². The Balaban J connectivity index is 1.53. The normalized spacial score (nSPS) is 11.2. The van der Waals surface area contributed by atoms with Crippen molar-refractivity contribution in [2.24, 2.45) is 0 Å². The number of carbonyl (C=O) groups excluding carboxylic acids is 2. The number of nitrogens with one attached hydrogen (secondary N) is 2. The third-order valence-corrected chi connectivity index (χ3v) is 6.70. The first-order valence-electron chi connectivity index (χ1n) is 11.9. The average molecular weight is 623 g/mol. The highest BCUT2D eigenvalue weighted by Crippen LogP contribution is 2.33. The van der Waals surface area contributed by atoms with Crippen molar-refractivity contribution in [3.63, 3.8) is 0 Å². The Kier molecular flexibility index (Phi) is 10.4. The summed E-state index contributed by atoms with van der Waals surface area (Å²) in [5, 5.41) is 7.46. The Morgan fingerprint density at radius 3 is 2.29 bits per heavy atom. The Labute approximate surface area is 241 Å². The summed E-state index contributed by atoms with van der Waals surface area (Å²) in [5.41, 5.74) is 9.65. The van der Waals surface area contributed by atoms with Gasteiger partial charge < -0.3 is 25.8 Å². The lowest BCUT2D eigenvalue weighted by Crippen LogP contribution is -2.35. The Morgan fingerprint density at radius 1 is 0.947 bits per heavy atom. The lowest BCUT2D eigenvalue weighted by atomic mass is 10.1. The second-order valence-electron chi connectivity index (χ2n) is 9.55. The number of ether oxygens (including phenoxy) is 2. The van der Waals surface area contributed by atoms with E-state index in [4.69, 9.17) is 38.4 Å². The molecule has 0 saturated carbocycles. The highest BCUT2D eigenvalue weighted by atomic mass is 79.9. The van der Waals surface area contributed by atoms with E-state index in [-0.39, 0.29) is 25.2 Å². The quantitative estimate of drug-likeness (QED) is 0.128. The fourth-order valence-electron chi connectivity index (χ4n) is 3.43. The zero-order chi connectivity index (χ0) is 27.9. The molecule has 0 unspecified atom stereocenters. The van der Waals surface area contributed by atoms with Crippen LogP contribution in [-0.4, -0.2) is 30.7 Å². The van der Waals surface area contributed by atoms with Gasteiger partial charge >= 0.3 is 11.9 Å². The number of nitrogens with two attached hydrogens (primary N) is 1. The number of nitrogen functional groups attached to an aromatic ring is 1. The molecular weight excluding hydrogens is 593 g/mol. The molecule has 7 nitrogen and oxygen atoms in total. The van der Waals surface area contributed by atoms with Gasteiger partial charge in [-0.15, -0.1) is 0 Å². The summed E-state index contributed by atoms with van der Waals surface area (Å²) >= 11 is 15.9. The maximum atomic E-state index is 12.6. The molecule has 4 N–H and O–H groups in total. The smallest absolute Gasteiger partial charge is 0.338 e. The van der Waals surface area contributed by atoms with Crippen LogP contribution in [0.2, 0.25) is 10.0 Å². The van der Waals surface area contributed by atoms with E-state index in [0.717, 1.165) is 5.56 Å². The predicted molar refractivity (Wildman–Crippen MR) is 156 cm³/mol. The molecular formula is C28H30BrCl2N3O4. The molecule has 202 valence electrons. The van der Waals surface area contributed by atoms with Crippen LogP contribution in [0.4, 0.5) is 17.1 Å². The van der Waals surface area contributed by atoms with Gasteiger partial charge in [-0.2, -0.15) is 0 Å². The molecule has 0 atom stereocenters. The summed E-state index contributed by atoms with van der Waals surface area (Å²) in [4.78, 5) is 25.1. The van der Waals surface area contributed by atoms with Crippen molar-refractivity contribution in [1.29, 1.82) is 0 Å². The maximum absolute atomic E-state index is 12.6. The number of para-hydroxylation sites is 2. The minimum absolute atomic E-state index is 0.00817. The van der Waals surface area contributed by atoms with Crippen LogP contribution in [0.15, 0.2) is 59.1 Å². The molecule has 0 aliphatic heterocycles. The molecule has 0 saturated heterocycles. The Morgan fingerprint density at radius 2 is 1.61 bits per heavy atom. The fourth-order valence-corrected chi connectivity index (χ4v) is 4.42. The summed E-state index contributed by atoms with van der Waals surface area (Å²) in [6.45, 7) is 6.46. The Bertz CT molecular complexity index is 1290. The van der Waals surface area contributed by atoms with Crippen molar-refractivity contribution < 1.29 is 19.1 Å². The predicted octanol–water partition coefficient (Wildman–Crippen LogP) is 6.91. The first-order valence-corrected chi connectivity index (χ1v) is 13.4. The molecule has 0 aliphatic carbocycles. The lowest BCUT2D eigenvalue weighted by Gasteiger charge is -2.21. The van der Waals surface area contributed by atoms with Gasteiger partial charge in [-0.05, 0) is 78.2 Å². The van der Waals surface area contributed by atoms with Crippen LogP contribution in [0.1, 0.15) is 42.3 Å². The molecule has 0 aliphatic rings. The zero-order valence-electron chi connectivity index (χ0n) is 21.4. The van der Waals surface area contributed by atoms with Crippen LogP contribution in [0, 0.1) is 0 Å². The van der Waals surface area contributed by atoms with Gasteiger partial charge in [0, 0.05) is 22.2 Å². The number of rotatable bonds is 10. The summed E-state index contributed by atoms with van der Waals surface area (Å²) in [5.74, 6) is -1.00. The molecule has 3 rings (SSSR count). The fraction of sp³-hybridized carbons (Fsp3) is 0.286. The molecule has 0 amide bonds. The van der Waals surface area contributed by atoms with E-state index in [9.17, 15) is 9.59 Å². The molecule has 38 heavy (non-hydrogen) atoms. The molecule has 0 heterocycles. The van der Waals surface area contributed by atoms with Gasteiger partial charge in [0.1, 0.15) is 13.2 Å². The van der Waals surface area contributed by atoms with E-state index in [1.165, 1.54) is 0 Å². The third-order valence-electron chi connectivity index (χ3n) is 5.41. The van der Waals surface area contributed by atoms with Gasteiger partial charge in [0.25, 0.3) is 0 Å². The van der Waals surface area contributed by atoms with Crippen LogP contribution >= 0.6 is 39.1 Å². The summed E-state index contributed by atoms with van der Waals surface area (Å²) < 4.78 is 11.2. The molecule has 3 aromatic carbocycles. The van der Waals surface area contributed by atoms with Gasteiger partial charge in [-0.1, -0.05) is 47.5 Å². The minimum atomic E-state index is -0.537. The highest BCUT2D eigenvalue weighted by molar-refractivity contribution is 9.10. The van der Waals surface area contributed by atoms with Gasteiger partial charge in [0.15, 0.2) is 0 Å². The zero-order valence-corrected chi connectivity index (χ0v) is 24.5. The molecule has 0 radical (unpaired) electrons. The monoisotopic (exact) mass is 621 g/mol. The van der Waals surface area contributed by atoms with Crippen molar-refractivity contribution in [2.45, 2.75) is 39.3 Å². The van der Waals surface area contributed by atoms with Crippen molar-refractivity contribution in [2.75, 3.05) is 24.3 Å². The van der Waals surface area contributed by atoms with Crippen LogP contribution in [0.5, 0.6) is 0 Å². The van der Waals surface area contributed by atoms with Gasteiger partial charge in [-0.3, -0.25) is 4.79 Å². The van der Waals surface area contributed by atoms with E-state index in [1.54, 1.807) is 36.4 Å². The van der Waals surface area contributed by atoms with Crippen LogP contribution in [-0.2, 0) is 27.2 Å². The van der Waals surface area contributed by atoms with Crippen molar-refractivity contribution in [3.05, 3.63) is 85.8 Å². The van der Waals surface area contributed by atoms with Crippen molar-refractivity contribution in [1.82, 2.24) is 5.32 Å². The summed E-state index contributed by atoms with van der Waals surface area (Å²) in [7, 11) is 0. The first kappa shape index (κ1) is 29.8. The number of esters is 2. The minimum Gasteiger partial charge on any atom is -0.462 e. The number of halogens is 3. The number of benzene rings is 3. The maximum Gasteiger partial charge on any atom is 0.338 e. The summed E-state index contributed by atoms with van der Waals surface area (Å²) in [6, 6.07) is 15.8. The van der Waals surface area contributed by atoms with Crippen LogP contribution in [0.25, 0.3) is 0 Å². The van der Waals surface area contributed by atoms with Gasteiger partial charge in [0.2, 0.25) is 0 Å². The van der Waals surface area contributed by atoms with Gasteiger partial charge in [0.05, 0.1) is 33.4 Å². The molecule has 0 aromatic heterocycles. The highest BCUT2D eigenvalue weighted by Gasteiger charge is 2.16. The summed E-state index contributed by atoms with van der Waals surface area (Å²) in [6.07, 6.45) is 0.00817. The molecule has 0 spiro atoms. The second kappa shape index (κ2) is 13.3. The topological polar surface area (TPSA) is 103 Å². The SMILES string of the molecule is CC(C)(C)NCc1cc(C(=O)OCCOC(=O)Cc2ccccc2Nc2c(Cl)cccc2Cl)cc(Br)c1N. The largest absolute Gasteiger partial charge is 0.462 e. The lowest BCUT2D eigenvalue weighted by molar-refractivity contribution is -0.143. The molecule has 10 heteroatoms. The molecule has 0 fully saturated rings. The standard InChI is InChI=1S/C28H30BrCl2N3O4/c1-28(2,3)33-16-19-13-18(14-20(29)25(19)32)27(36)38-12-11-37-24(35)15-17-7-4-5-10-23(17)34-26-21(30)8-6-9-22(26)31/h4-10,13-14,33-34H,11-12,15-16,32H2,1-3H3. The average Bonchev–Trinajstić information content (AvgIpc) is 2.85. The number of hydrogen-bond acceptors (Lipinski definition) is 7. The van der Waals surface area contributed by atoms with Crippen LogP contribution < -0.4 is 16.4 Å². The van der Waals surface area contributed by atoms with Gasteiger partial charge in [-0.25, -0.2) is 4.79 Å². The third kappa shape index (κ3) is 8.63. The molecule has 0 bridgehead atoms. The van der Waals surface area contributed by atoms with E-state index in [1.807, 2.05) is 39.0 Å². The van der Waals surface area contributed by atoms with Crippen LogP contribution in [0.3, 0.4) is 0 Å². The molecule has 3 aromatic rings. The second-order valence-corrected chi connectivity index (χ2v) is 11.2. The van der Waals surface area contributed by atoms with E-state index < -0.39 is 11.9 Å². The van der Waals surface area contributed by atoms with E-state index in [2.05, 4.69) is 26.6 Å².